The third-order valence-electron chi connectivity index (χ3n) is 5.26. The second-order valence-corrected chi connectivity index (χ2v) is 7.22. The fraction of sp³-hybridized carbons (Fsp3) is 0.526. The number of hydrogen-bond acceptors (Lipinski definition) is 10. The van der Waals surface area contributed by atoms with Gasteiger partial charge in [-0.1, -0.05) is 6.07 Å². The summed E-state index contributed by atoms with van der Waals surface area (Å²) in [6, 6.07) is 5.87. The lowest BCUT2D eigenvalue weighted by atomic mass is 10.1. The monoisotopic (exact) mass is 397 g/mol. The molecule has 0 amide bonds. The molecule has 2 fully saturated rings. The van der Waals surface area contributed by atoms with E-state index in [1.54, 1.807) is 6.20 Å². The molecule has 0 bridgehead atoms. The maximum absolute atomic E-state index is 6.15. The van der Waals surface area contributed by atoms with Gasteiger partial charge in [0.15, 0.2) is 11.6 Å². The first-order chi connectivity index (χ1) is 14.4. The number of pyridine rings is 1. The van der Waals surface area contributed by atoms with Crippen molar-refractivity contribution >= 4 is 22.9 Å². The molecule has 2 saturated heterocycles. The summed E-state index contributed by atoms with van der Waals surface area (Å²) >= 11 is 0. The van der Waals surface area contributed by atoms with Gasteiger partial charge in [0, 0.05) is 32.4 Å². The van der Waals surface area contributed by atoms with E-state index < -0.39 is 0 Å². The van der Waals surface area contributed by atoms with Gasteiger partial charge in [-0.2, -0.15) is 0 Å². The SMILES string of the molecule is c1ccc(CO[C@H]2CCCN(c3nc4nonc4nc3N3CCOCC3)C2)nc1. The average molecular weight is 397 g/mol. The van der Waals surface area contributed by atoms with Crippen LogP contribution in [0.5, 0.6) is 0 Å². The molecule has 0 saturated carbocycles. The molecule has 5 heterocycles. The van der Waals surface area contributed by atoms with E-state index in [-0.39, 0.29) is 6.10 Å². The van der Waals surface area contributed by atoms with Crippen LogP contribution in [0.2, 0.25) is 0 Å². The van der Waals surface area contributed by atoms with Gasteiger partial charge in [0.25, 0.3) is 0 Å². The highest BCUT2D eigenvalue weighted by atomic mass is 16.6. The Balaban J connectivity index is 1.37. The predicted molar refractivity (Wildman–Crippen MR) is 105 cm³/mol. The lowest BCUT2D eigenvalue weighted by Gasteiger charge is -2.36. The zero-order valence-corrected chi connectivity index (χ0v) is 16.1. The Labute approximate surface area is 167 Å². The van der Waals surface area contributed by atoms with Crippen molar-refractivity contribution in [1.29, 1.82) is 0 Å². The predicted octanol–water partition coefficient (Wildman–Crippen LogP) is 1.43. The van der Waals surface area contributed by atoms with Crippen molar-refractivity contribution in [2.24, 2.45) is 0 Å². The summed E-state index contributed by atoms with van der Waals surface area (Å²) in [4.78, 5) is 18.2. The van der Waals surface area contributed by atoms with E-state index in [2.05, 4.69) is 25.1 Å². The Hall–Kier alpha value is -2.85. The van der Waals surface area contributed by atoms with Crippen LogP contribution in [0.4, 0.5) is 11.6 Å². The Morgan fingerprint density at radius 1 is 1.00 bits per heavy atom. The number of anilines is 2. The van der Waals surface area contributed by atoms with Gasteiger partial charge in [0.05, 0.1) is 31.6 Å². The summed E-state index contributed by atoms with van der Waals surface area (Å²) in [5.41, 5.74) is 1.79. The maximum Gasteiger partial charge on any atom is 0.245 e. The Morgan fingerprint density at radius 2 is 1.79 bits per heavy atom. The molecule has 0 N–H and O–H groups in total. The molecule has 0 aromatic carbocycles. The molecule has 10 nitrogen and oxygen atoms in total. The van der Waals surface area contributed by atoms with Gasteiger partial charge in [-0.05, 0) is 35.3 Å². The molecule has 0 radical (unpaired) electrons. The number of nitrogens with zero attached hydrogens (tertiary/aromatic N) is 7. The quantitative estimate of drug-likeness (QED) is 0.628. The summed E-state index contributed by atoms with van der Waals surface area (Å²) in [6.07, 6.45) is 3.93. The molecule has 10 heteroatoms. The lowest BCUT2D eigenvalue weighted by molar-refractivity contribution is 0.0297. The summed E-state index contributed by atoms with van der Waals surface area (Å²) in [5, 5.41) is 7.76. The van der Waals surface area contributed by atoms with Gasteiger partial charge in [0.2, 0.25) is 11.3 Å². The van der Waals surface area contributed by atoms with Gasteiger partial charge < -0.3 is 19.3 Å². The number of fused-ring (bicyclic) bond motifs is 1. The lowest BCUT2D eigenvalue weighted by Crippen LogP contribution is -2.43. The van der Waals surface area contributed by atoms with E-state index in [1.165, 1.54) is 0 Å². The normalized spacial score (nSPS) is 20.3. The van der Waals surface area contributed by atoms with Crippen LogP contribution in [0.1, 0.15) is 18.5 Å². The fourth-order valence-electron chi connectivity index (χ4n) is 3.77. The fourth-order valence-corrected chi connectivity index (χ4v) is 3.77. The number of hydrogen-bond donors (Lipinski definition) is 0. The number of morpholine rings is 1. The molecule has 29 heavy (non-hydrogen) atoms. The molecule has 2 aliphatic heterocycles. The van der Waals surface area contributed by atoms with E-state index >= 15 is 0 Å². The second-order valence-electron chi connectivity index (χ2n) is 7.22. The molecular formula is C19H23N7O3. The van der Waals surface area contributed by atoms with E-state index in [0.29, 0.717) is 31.1 Å². The molecule has 3 aromatic heterocycles. The van der Waals surface area contributed by atoms with Crippen LogP contribution in [0.3, 0.4) is 0 Å². The number of rotatable bonds is 5. The van der Waals surface area contributed by atoms with Gasteiger partial charge >= 0.3 is 0 Å². The van der Waals surface area contributed by atoms with Crippen molar-refractivity contribution in [3.8, 4) is 0 Å². The smallest absolute Gasteiger partial charge is 0.245 e. The topological polar surface area (TPSA) is 103 Å². The molecule has 152 valence electrons. The first-order valence-electron chi connectivity index (χ1n) is 9.96. The summed E-state index contributed by atoms with van der Waals surface area (Å²) in [7, 11) is 0. The van der Waals surface area contributed by atoms with Crippen LogP contribution in [0, 0.1) is 0 Å². The summed E-state index contributed by atoms with van der Waals surface area (Å²) in [5.74, 6) is 1.61. The number of piperidine rings is 1. The van der Waals surface area contributed by atoms with Crippen LogP contribution >= 0.6 is 0 Å². The Kier molecular flexibility index (Phi) is 5.18. The molecule has 0 unspecified atom stereocenters. The van der Waals surface area contributed by atoms with E-state index in [4.69, 9.17) is 24.1 Å². The van der Waals surface area contributed by atoms with Gasteiger partial charge in [0.1, 0.15) is 0 Å². The largest absolute Gasteiger partial charge is 0.378 e. The highest BCUT2D eigenvalue weighted by Crippen LogP contribution is 2.30. The minimum Gasteiger partial charge on any atom is -0.378 e. The van der Waals surface area contributed by atoms with E-state index in [1.807, 2.05) is 18.2 Å². The number of aromatic nitrogens is 5. The van der Waals surface area contributed by atoms with Crippen molar-refractivity contribution in [3.05, 3.63) is 30.1 Å². The van der Waals surface area contributed by atoms with Crippen LogP contribution in [-0.2, 0) is 16.1 Å². The van der Waals surface area contributed by atoms with Crippen LogP contribution < -0.4 is 9.80 Å². The average Bonchev–Trinajstić information content (AvgIpc) is 3.26. The molecule has 1 atom stereocenters. The molecule has 2 aliphatic rings. The molecule has 3 aromatic rings. The van der Waals surface area contributed by atoms with E-state index in [0.717, 1.165) is 56.4 Å². The van der Waals surface area contributed by atoms with Crippen LogP contribution in [0.15, 0.2) is 29.0 Å². The van der Waals surface area contributed by atoms with Gasteiger partial charge in [-0.15, -0.1) is 0 Å². The van der Waals surface area contributed by atoms with E-state index in [9.17, 15) is 0 Å². The Morgan fingerprint density at radius 3 is 2.55 bits per heavy atom. The minimum atomic E-state index is 0.108. The van der Waals surface area contributed by atoms with Crippen molar-refractivity contribution in [2.45, 2.75) is 25.6 Å². The maximum atomic E-state index is 6.15. The Bertz CT molecular complexity index is 945. The van der Waals surface area contributed by atoms with Crippen molar-refractivity contribution in [3.63, 3.8) is 0 Å². The highest BCUT2D eigenvalue weighted by Gasteiger charge is 2.28. The molecule has 0 spiro atoms. The molecule has 0 aliphatic carbocycles. The zero-order valence-electron chi connectivity index (χ0n) is 16.1. The third kappa shape index (κ3) is 3.99. The first-order valence-corrected chi connectivity index (χ1v) is 9.96. The highest BCUT2D eigenvalue weighted by molar-refractivity contribution is 5.74. The third-order valence-corrected chi connectivity index (χ3v) is 5.26. The van der Waals surface area contributed by atoms with Crippen molar-refractivity contribution in [1.82, 2.24) is 25.3 Å². The second kappa shape index (κ2) is 8.26. The minimum absolute atomic E-state index is 0.108. The first kappa shape index (κ1) is 18.2. The summed E-state index contributed by atoms with van der Waals surface area (Å²) < 4.78 is 16.5. The van der Waals surface area contributed by atoms with Crippen molar-refractivity contribution in [2.75, 3.05) is 49.2 Å². The van der Waals surface area contributed by atoms with Gasteiger partial charge in [-0.25, -0.2) is 14.6 Å². The van der Waals surface area contributed by atoms with Crippen LogP contribution in [-0.4, -0.2) is 70.8 Å². The van der Waals surface area contributed by atoms with Crippen molar-refractivity contribution < 1.29 is 14.1 Å². The van der Waals surface area contributed by atoms with Crippen LogP contribution in [0.25, 0.3) is 11.3 Å². The molecule has 5 rings (SSSR count). The standard InChI is InChI=1S/C19H23N7O3/c1-2-6-20-14(4-1)13-28-15-5-3-7-26(12-15)19-18(25-8-10-27-11-9-25)21-16-17(22-19)24-29-23-16/h1-2,4,6,15H,3,5,7-13H2/t15-/m0/s1. The summed E-state index contributed by atoms with van der Waals surface area (Å²) in [6.45, 7) is 5.03. The van der Waals surface area contributed by atoms with Gasteiger partial charge in [-0.3, -0.25) is 4.98 Å². The molecular weight excluding hydrogens is 374 g/mol. The number of ether oxygens (including phenoxy) is 2. The zero-order chi connectivity index (χ0) is 19.5.